The van der Waals surface area contributed by atoms with Crippen LogP contribution in [0.3, 0.4) is 0 Å². The van der Waals surface area contributed by atoms with Crippen molar-refractivity contribution < 1.29 is 9.90 Å². The second kappa shape index (κ2) is 4.23. The number of hydrogen-bond acceptors (Lipinski definition) is 2. The molecule has 0 bridgehead atoms. The Balaban J connectivity index is 2.75. The smallest absolute Gasteiger partial charge is 0.253 e. The van der Waals surface area contributed by atoms with E-state index in [2.05, 4.69) is 21.2 Å². The first-order chi connectivity index (χ1) is 5.74. The minimum atomic E-state index is -0.338. The first-order valence-corrected chi connectivity index (χ1v) is 4.18. The van der Waals surface area contributed by atoms with Crippen LogP contribution in [0.2, 0.25) is 0 Å². The molecule has 0 spiro atoms. The van der Waals surface area contributed by atoms with Gasteiger partial charge in [0.15, 0.2) is 0 Å². The van der Waals surface area contributed by atoms with Gasteiger partial charge in [-0.2, -0.15) is 0 Å². The van der Waals surface area contributed by atoms with E-state index in [1.54, 1.807) is 24.3 Å². The Bertz CT molecular complexity index is 271. The van der Waals surface area contributed by atoms with Crippen LogP contribution in [0, 0.1) is 0 Å². The van der Waals surface area contributed by atoms with Gasteiger partial charge in [0.05, 0.1) is 0 Å². The molecule has 64 valence electrons. The number of carbonyl (C=O) groups excluding carboxylic acids is 1. The number of aliphatic hydroxyl groups is 1. The summed E-state index contributed by atoms with van der Waals surface area (Å²) in [6.45, 7) is -0.338. The average Bonchev–Trinajstić information content (AvgIpc) is 2.06. The highest BCUT2D eigenvalue weighted by Gasteiger charge is 2.01. The van der Waals surface area contributed by atoms with Crippen molar-refractivity contribution >= 4 is 21.8 Å². The molecule has 3 nitrogen and oxygen atoms in total. The Hall–Kier alpha value is -0.870. The van der Waals surface area contributed by atoms with Crippen LogP contribution in [0.5, 0.6) is 0 Å². The van der Waals surface area contributed by atoms with Crippen LogP contribution in [0.1, 0.15) is 10.4 Å². The van der Waals surface area contributed by atoms with E-state index in [0.717, 1.165) is 4.47 Å². The molecular formula is C8H8BrNO2. The molecule has 0 saturated carbocycles. The zero-order valence-electron chi connectivity index (χ0n) is 6.25. The van der Waals surface area contributed by atoms with Crippen LogP contribution in [0.4, 0.5) is 0 Å². The quantitative estimate of drug-likeness (QED) is 0.748. The lowest BCUT2D eigenvalue weighted by atomic mass is 10.2. The number of benzene rings is 1. The van der Waals surface area contributed by atoms with E-state index in [9.17, 15) is 4.79 Å². The van der Waals surface area contributed by atoms with E-state index in [1.807, 2.05) is 0 Å². The van der Waals surface area contributed by atoms with Gasteiger partial charge in [-0.3, -0.25) is 4.79 Å². The summed E-state index contributed by atoms with van der Waals surface area (Å²) in [6.07, 6.45) is 0. The Morgan fingerprint density at radius 1 is 1.42 bits per heavy atom. The molecule has 0 radical (unpaired) electrons. The van der Waals surface area contributed by atoms with Gasteiger partial charge in [-0.05, 0) is 24.3 Å². The summed E-state index contributed by atoms with van der Waals surface area (Å²) in [5.74, 6) is -0.273. The Morgan fingerprint density at radius 3 is 2.50 bits per heavy atom. The highest BCUT2D eigenvalue weighted by molar-refractivity contribution is 9.10. The average molecular weight is 230 g/mol. The lowest BCUT2D eigenvalue weighted by Crippen LogP contribution is -2.23. The van der Waals surface area contributed by atoms with Gasteiger partial charge in [0, 0.05) is 10.0 Å². The molecule has 0 fully saturated rings. The van der Waals surface area contributed by atoms with E-state index in [4.69, 9.17) is 5.11 Å². The monoisotopic (exact) mass is 229 g/mol. The van der Waals surface area contributed by atoms with Crippen LogP contribution in [-0.4, -0.2) is 17.7 Å². The van der Waals surface area contributed by atoms with E-state index in [-0.39, 0.29) is 12.6 Å². The van der Waals surface area contributed by atoms with Crippen molar-refractivity contribution in [2.24, 2.45) is 0 Å². The van der Waals surface area contributed by atoms with Gasteiger partial charge in [-0.1, -0.05) is 15.9 Å². The molecule has 2 N–H and O–H groups in total. The summed E-state index contributed by atoms with van der Waals surface area (Å²) >= 11 is 3.25. The third-order valence-corrected chi connectivity index (χ3v) is 1.87. The van der Waals surface area contributed by atoms with E-state index < -0.39 is 0 Å². The summed E-state index contributed by atoms with van der Waals surface area (Å²) in [5.41, 5.74) is 0.534. The normalized spacial score (nSPS) is 9.50. The van der Waals surface area contributed by atoms with Gasteiger partial charge >= 0.3 is 0 Å². The summed E-state index contributed by atoms with van der Waals surface area (Å²) in [4.78, 5) is 11.1. The largest absolute Gasteiger partial charge is 0.376 e. The molecule has 0 atom stereocenters. The predicted octanol–water partition coefficient (Wildman–Crippen LogP) is 1.13. The summed E-state index contributed by atoms with van der Waals surface area (Å²) in [7, 11) is 0. The van der Waals surface area contributed by atoms with Crippen molar-refractivity contribution in [2.45, 2.75) is 0 Å². The maximum Gasteiger partial charge on any atom is 0.253 e. The van der Waals surface area contributed by atoms with E-state index in [1.165, 1.54) is 0 Å². The fourth-order valence-corrected chi connectivity index (χ4v) is 1.04. The van der Waals surface area contributed by atoms with Gasteiger partial charge in [-0.15, -0.1) is 0 Å². The molecule has 0 aliphatic carbocycles. The van der Waals surface area contributed by atoms with Crippen molar-refractivity contribution in [3.05, 3.63) is 34.3 Å². The standard InChI is InChI=1S/C8H8BrNO2/c9-7-3-1-6(2-4-7)8(12)10-5-11/h1-4,11H,5H2,(H,10,12). The fraction of sp³-hybridized carbons (Fsp3) is 0.125. The highest BCUT2D eigenvalue weighted by Crippen LogP contribution is 2.09. The van der Waals surface area contributed by atoms with Gasteiger partial charge in [-0.25, -0.2) is 0 Å². The Morgan fingerprint density at radius 2 is 2.00 bits per heavy atom. The number of amides is 1. The molecule has 0 aliphatic rings. The predicted molar refractivity (Wildman–Crippen MR) is 48.7 cm³/mol. The van der Waals surface area contributed by atoms with Crippen molar-refractivity contribution in [1.29, 1.82) is 0 Å². The van der Waals surface area contributed by atoms with Gasteiger partial charge in [0.2, 0.25) is 0 Å². The molecule has 0 unspecified atom stereocenters. The number of carbonyl (C=O) groups is 1. The first-order valence-electron chi connectivity index (χ1n) is 3.38. The minimum absolute atomic E-state index is 0.273. The number of aliphatic hydroxyl groups excluding tert-OH is 1. The molecular weight excluding hydrogens is 222 g/mol. The van der Waals surface area contributed by atoms with Crippen LogP contribution in [0.15, 0.2) is 28.7 Å². The second-order valence-electron chi connectivity index (χ2n) is 2.17. The molecule has 1 aromatic rings. The molecule has 0 saturated heterocycles. The van der Waals surface area contributed by atoms with Gasteiger partial charge in [0.1, 0.15) is 6.73 Å². The maximum absolute atomic E-state index is 11.1. The Labute approximate surface area is 78.5 Å². The zero-order chi connectivity index (χ0) is 8.97. The zero-order valence-corrected chi connectivity index (χ0v) is 7.84. The van der Waals surface area contributed by atoms with Crippen molar-refractivity contribution in [3.8, 4) is 0 Å². The molecule has 1 rings (SSSR count). The molecule has 1 aromatic carbocycles. The number of hydrogen-bond donors (Lipinski definition) is 2. The topological polar surface area (TPSA) is 49.3 Å². The van der Waals surface area contributed by atoms with Gasteiger partial charge in [0.25, 0.3) is 5.91 Å². The first kappa shape index (κ1) is 9.22. The molecule has 0 heterocycles. The molecule has 0 aliphatic heterocycles. The lowest BCUT2D eigenvalue weighted by Gasteiger charge is -2.00. The van der Waals surface area contributed by atoms with Crippen LogP contribution < -0.4 is 5.32 Å². The van der Waals surface area contributed by atoms with E-state index >= 15 is 0 Å². The van der Waals surface area contributed by atoms with Crippen LogP contribution >= 0.6 is 15.9 Å². The number of halogens is 1. The highest BCUT2D eigenvalue weighted by atomic mass is 79.9. The number of rotatable bonds is 2. The second-order valence-corrected chi connectivity index (χ2v) is 3.09. The van der Waals surface area contributed by atoms with Crippen molar-refractivity contribution in [1.82, 2.24) is 5.32 Å². The number of nitrogens with one attached hydrogen (secondary N) is 1. The summed E-state index contributed by atoms with van der Waals surface area (Å²) in [6, 6.07) is 6.89. The maximum atomic E-state index is 11.1. The van der Waals surface area contributed by atoms with Crippen molar-refractivity contribution in [2.75, 3.05) is 6.73 Å². The molecule has 12 heavy (non-hydrogen) atoms. The minimum Gasteiger partial charge on any atom is -0.376 e. The third kappa shape index (κ3) is 2.32. The van der Waals surface area contributed by atoms with Crippen molar-refractivity contribution in [3.63, 3.8) is 0 Å². The lowest BCUT2D eigenvalue weighted by molar-refractivity contribution is 0.0910. The van der Waals surface area contributed by atoms with Crippen LogP contribution in [0.25, 0.3) is 0 Å². The van der Waals surface area contributed by atoms with Crippen LogP contribution in [-0.2, 0) is 0 Å². The SMILES string of the molecule is O=C(NCO)c1ccc(Br)cc1. The molecule has 1 amide bonds. The molecule has 4 heteroatoms. The fourth-order valence-electron chi connectivity index (χ4n) is 0.775. The third-order valence-electron chi connectivity index (χ3n) is 1.35. The summed E-state index contributed by atoms with van der Waals surface area (Å²) < 4.78 is 0.919. The Kier molecular flexibility index (Phi) is 3.25. The van der Waals surface area contributed by atoms with E-state index in [0.29, 0.717) is 5.56 Å². The molecule has 0 aromatic heterocycles. The summed E-state index contributed by atoms with van der Waals surface area (Å²) in [5, 5.41) is 10.7. The van der Waals surface area contributed by atoms with Gasteiger partial charge < -0.3 is 10.4 Å².